The zero-order valence-corrected chi connectivity index (χ0v) is 36.2. The summed E-state index contributed by atoms with van der Waals surface area (Å²) in [6, 6.07) is 28.4. The zero-order chi connectivity index (χ0) is 42.1. The molecule has 318 valence electrons. The molecule has 0 saturated carbocycles. The molecule has 3 heterocycles. The fourth-order valence-electron chi connectivity index (χ4n) is 7.87. The molecule has 3 aliphatic heterocycles. The second-order valence-electron chi connectivity index (χ2n) is 15.5. The Bertz CT molecular complexity index is 1810. The summed E-state index contributed by atoms with van der Waals surface area (Å²) in [7, 11) is 5.42. The van der Waals surface area contributed by atoms with Crippen LogP contribution in [0.15, 0.2) is 83.9 Å². The van der Waals surface area contributed by atoms with Gasteiger partial charge in [0, 0.05) is 39.1 Å². The Morgan fingerprint density at radius 3 is 2.14 bits per heavy atom. The second kappa shape index (κ2) is 20.4. The smallest absolute Gasteiger partial charge is 0.259 e. The van der Waals surface area contributed by atoms with Crippen LogP contribution >= 0.6 is 8.53 Å². The van der Waals surface area contributed by atoms with E-state index >= 15 is 0 Å². The molecule has 1 amide bonds. The molecule has 3 fully saturated rings. The predicted molar refractivity (Wildman–Crippen MR) is 226 cm³/mol. The molecule has 4 unspecified atom stereocenters. The van der Waals surface area contributed by atoms with Gasteiger partial charge in [0.1, 0.15) is 29.4 Å². The number of carbonyl (C=O) groups is 1. The number of nitrogens with one attached hydrogen (secondary N) is 3. The number of amides is 1. The SMILES string of the molecule is COc1ccc(C(OC[C@H]2O[C@@H](N3NCC4C(=O)NC(/N=C/N(C)C)NC43)C[C@@H]2OP(OCCC#N)N(C(C)C)C(C)C)(c2ccccc2)c2ccc(OC)cc2)cc1. The summed E-state index contributed by atoms with van der Waals surface area (Å²) < 4.78 is 41.2. The van der Waals surface area contributed by atoms with Crippen molar-refractivity contribution < 1.29 is 32.8 Å². The van der Waals surface area contributed by atoms with Crippen molar-refractivity contribution in [3.63, 3.8) is 0 Å². The second-order valence-corrected chi connectivity index (χ2v) is 16.9. The van der Waals surface area contributed by atoms with Crippen molar-refractivity contribution in [3.05, 3.63) is 95.6 Å². The van der Waals surface area contributed by atoms with Crippen molar-refractivity contribution >= 4 is 20.8 Å². The van der Waals surface area contributed by atoms with Gasteiger partial charge in [-0.15, -0.1) is 0 Å². The van der Waals surface area contributed by atoms with Crippen molar-refractivity contribution in [3.8, 4) is 17.6 Å². The fraction of sp³-hybridized carbons (Fsp3) is 0.512. The number of hydrazine groups is 1. The first-order chi connectivity index (χ1) is 28.5. The lowest BCUT2D eigenvalue weighted by atomic mass is 9.80. The third-order valence-corrected chi connectivity index (χ3v) is 12.7. The van der Waals surface area contributed by atoms with Crippen LogP contribution in [-0.2, 0) is 28.9 Å². The van der Waals surface area contributed by atoms with Crippen molar-refractivity contribution in [1.29, 1.82) is 5.26 Å². The Hall–Kier alpha value is -4.20. The van der Waals surface area contributed by atoms with Crippen LogP contribution in [0, 0.1) is 17.2 Å². The van der Waals surface area contributed by atoms with E-state index in [1.165, 1.54) is 0 Å². The third-order valence-electron chi connectivity index (χ3n) is 10.6. The van der Waals surface area contributed by atoms with Crippen LogP contribution in [0.4, 0.5) is 0 Å². The number of carbonyl (C=O) groups excluding carboxylic acids is 1. The highest BCUT2D eigenvalue weighted by molar-refractivity contribution is 7.44. The van der Waals surface area contributed by atoms with Gasteiger partial charge in [0.2, 0.25) is 5.91 Å². The van der Waals surface area contributed by atoms with Gasteiger partial charge < -0.3 is 38.2 Å². The maximum atomic E-state index is 13.3. The van der Waals surface area contributed by atoms with E-state index in [2.05, 4.69) is 71.6 Å². The number of benzene rings is 3. The minimum atomic E-state index is -1.63. The largest absolute Gasteiger partial charge is 0.497 e. The monoisotopic (exact) mass is 830 g/mol. The highest BCUT2D eigenvalue weighted by Gasteiger charge is 2.51. The van der Waals surface area contributed by atoms with Crippen molar-refractivity contribution in [1.82, 2.24) is 30.6 Å². The number of rotatable bonds is 19. The maximum absolute atomic E-state index is 13.3. The minimum absolute atomic E-state index is 0.0949. The number of nitrogens with zero attached hydrogens (tertiary/aromatic N) is 5. The van der Waals surface area contributed by atoms with Gasteiger partial charge >= 0.3 is 0 Å². The Morgan fingerprint density at radius 1 is 0.966 bits per heavy atom. The summed E-state index contributed by atoms with van der Waals surface area (Å²) in [6.07, 6.45) is -0.296. The molecule has 3 saturated heterocycles. The topological polar surface area (TPSA) is 154 Å². The van der Waals surface area contributed by atoms with Gasteiger partial charge in [-0.25, -0.2) is 9.66 Å². The molecule has 15 nitrogen and oxygen atoms in total. The van der Waals surface area contributed by atoms with E-state index in [4.69, 9.17) is 28.0 Å². The van der Waals surface area contributed by atoms with Crippen LogP contribution in [0.5, 0.6) is 11.5 Å². The van der Waals surface area contributed by atoms with Crippen LogP contribution in [-0.4, -0.2) is 118 Å². The van der Waals surface area contributed by atoms with Gasteiger partial charge in [-0.2, -0.15) is 10.3 Å². The highest BCUT2D eigenvalue weighted by Crippen LogP contribution is 2.50. The molecule has 0 aliphatic carbocycles. The van der Waals surface area contributed by atoms with Crippen LogP contribution in [0.25, 0.3) is 0 Å². The van der Waals surface area contributed by atoms with Gasteiger partial charge in [0.05, 0.1) is 64.4 Å². The van der Waals surface area contributed by atoms with Gasteiger partial charge in [0.15, 0.2) is 6.29 Å². The van der Waals surface area contributed by atoms with Crippen molar-refractivity contribution in [2.45, 2.75) is 89.1 Å². The number of nitriles is 1. The van der Waals surface area contributed by atoms with Crippen molar-refractivity contribution in [2.24, 2.45) is 10.9 Å². The van der Waals surface area contributed by atoms with E-state index in [9.17, 15) is 10.1 Å². The molecule has 6 rings (SSSR count). The molecule has 3 aromatic rings. The van der Waals surface area contributed by atoms with E-state index in [1.807, 2.05) is 90.7 Å². The van der Waals surface area contributed by atoms with E-state index in [0.29, 0.717) is 13.0 Å². The Morgan fingerprint density at radius 2 is 1.58 bits per heavy atom. The average Bonchev–Trinajstić information content (AvgIpc) is 3.85. The van der Waals surface area contributed by atoms with Crippen LogP contribution in [0.2, 0.25) is 0 Å². The van der Waals surface area contributed by atoms with Gasteiger partial charge in [-0.3, -0.25) is 15.5 Å². The van der Waals surface area contributed by atoms with E-state index in [1.54, 1.807) is 20.6 Å². The molecular formula is C43H59N8O7P. The van der Waals surface area contributed by atoms with Gasteiger partial charge in [-0.1, -0.05) is 54.6 Å². The Balaban J connectivity index is 1.39. The Labute approximate surface area is 349 Å². The molecule has 3 aromatic carbocycles. The lowest BCUT2D eigenvalue weighted by Gasteiger charge is -2.39. The molecule has 16 heteroatoms. The fourth-order valence-corrected chi connectivity index (χ4v) is 9.63. The highest BCUT2D eigenvalue weighted by atomic mass is 31.2. The first-order valence-corrected chi connectivity index (χ1v) is 21.3. The predicted octanol–water partition coefficient (Wildman–Crippen LogP) is 5.14. The summed E-state index contributed by atoms with van der Waals surface area (Å²) in [5.74, 6) is 0.975. The van der Waals surface area contributed by atoms with E-state index < -0.39 is 45.0 Å². The number of ether oxygens (including phenoxy) is 4. The normalized spacial score (nSPS) is 24.1. The third kappa shape index (κ3) is 10.2. The molecule has 59 heavy (non-hydrogen) atoms. The molecule has 0 spiro atoms. The standard InChI is InChI=1S/C43H59N8O7P/c1-29(2)51(30(3)4)59(56-24-12-23-44)58-37-25-39(50-40-36(26-46-50)41(52)48-42(47-40)45-28-49(5)6)57-38(37)27-55-43(31-13-10-9-11-14-31,32-15-19-34(53-7)20-16-32)33-17-21-35(54-8)22-18-33/h9-11,13-22,28-30,36-40,42,46-47H,12,24-27H2,1-8H3,(H,48,52)/b45-28+/t36?,37-,38+,39+,40?,42?,59?/m0/s1. The van der Waals surface area contributed by atoms with Crippen LogP contribution < -0.4 is 25.5 Å². The summed E-state index contributed by atoms with van der Waals surface area (Å²) in [5, 5.41) is 17.9. The molecule has 0 radical (unpaired) electrons. The van der Waals surface area contributed by atoms with E-state index in [0.717, 1.165) is 28.2 Å². The van der Waals surface area contributed by atoms with Crippen LogP contribution in [0.1, 0.15) is 57.2 Å². The number of methoxy groups -OCH3 is 2. The molecule has 3 N–H and O–H groups in total. The quantitative estimate of drug-likeness (QED) is 0.0481. The summed E-state index contributed by atoms with van der Waals surface area (Å²) in [5.41, 5.74) is 5.05. The van der Waals surface area contributed by atoms with Gasteiger partial charge in [0.25, 0.3) is 8.53 Å². The first-order valence-electron chi connectivity index (χ1n) is 20.2. The maximum Gasteiger partial charge on any atom is 0.259 e. The summed E-state index contributed by atoms with van der Waals surface area (Å²) >= 11 is 0. The lowest BCUT2D eigenvalue weighted by molar-refractivity contribution is -0.140. The molecule has 7 atom stereocenters. The molecule has 0 aromatic heterocycles. The summed E-state index contributed by atoms with van der Waals surface area (Å²) in [6.45, 7) is 9.22. The Kier molecular flexibility index (Phi) is 15.3. The van der Waals surface area contributed by atoms with Gasteiger partial charge in [-0.05, 0) is 68.7 Å². The van der Waals surface area contributed by atoms with Crippen LogP contribution in [0.3, 0.4) is 0 Å². The number of hydrogen-bond donors (Lipinski definition) is 3. The average molecular weight is 831 g/mol. The first kappa shape index (κ1) is 44.4. The molecule has 3 aliphatic rings. The van der Waals surface area contributed by atoms with E-state index in [-0.39, 0.29) is 43.5 Å². The number of aliphatic imine (C=N–C) groups is 1. The number of fused-ring (bicyclic) bond motifs is 1. The lowest BCUT2D eigenvalue weighted by Crippen LogP contribution is -2.64. The molecule has 0 bridgehead atoms. The molecular weight excluding hydrogens is 771 g/mol. The van der Waals surface area contributed by atoms with Crippen molar-refractivity contribution in [2.75, 3.05) is 48.1 Å². The zero-order valence-electron chi connectivity index (χ0n) is 35.3. The number of hydrogen-bond acceptors (Lipinski definition) is 13. The minimum Gasteiger partial charge on any atom is -0.497 e. The summed E-state index contributed by atoms with van der Waals surface area (Å²) in [4.78, 5) is 19.7.